The molecule has 0 radical (unpaired) electrons. The van der Waals surface area contributed by atoms with Crippen LogP contribution >= 0.6 is 0 Å². The maximum atomic E-state index is 13.6. The number of alkyl halides is 11. The molecular formula is C14H21F11N2O2S. The van der Waals surface area contributed by atoms with Crippen molar-refractivity contribution in [1.29, 1.82) is 0 Å². The van der Waals surface area contributed by atoms with Gasteiger partial charge in [-0.2, -0.15) is 26.3 Å². The molecular weight excluding hydrogens is 469 g/mol. The quantitative estimate of drug-likeness (QED) is 0.331. The molecule has 4 nitrogen and oxygen atoms in total. The molecule has 0 amide bonds. The minimum Gasteiger partial charge on any atom is -0.309 e. The zero-order valence-electron chi connectivity index (χ0n) is 15.8. The van der Waals surface area contributed by atoms with Crippen molar-refractivity contribution >= 4 is 10.0 Å². The third-order valence-corrected chi connectivity index (χ3v) is 5.14. The highest BCUT2D eigenvalue weighted by Gasteiger charge is 2.75. The van der Waals surface area contributed by atoms with Crippen molar-refractivity contribution in [3.8, 4) is 0 Å². The third-order valence-electron chi connectivity index (χ3n) is 3.76. The van der Waals surface area contributed by atoms with E-state index in [0.717, 1.165) is 0 Å². The van der Waals surface area contributed by atoms with Crippen LogP contribution in [0.2, 0.25) is 0 Å². The van der Waals surface area contributed by atoms with Crippen molar-refractivity contribution < 1.29 is 56.7 Å². The third kappa shape index (κ3) is 9.49. The van der Waals surface area contributed by atoms with Crippen molar-refractivity contribution in [3.63, 3.8) is 0 Å². The molecule has 0 aromatic carbocycles. The van der Waals surface area contributed by atoms with Crippen LogP contribution in [0.4, 0.5) is 48.3 Å². The van der Waals surface area contributed by atoms with E-state index < -0.39 is 64.9 Å². The van der Waals surface area contributed by atoms with Gasteiger partial charge in [-0.3, -0.25) is 0 Å². The Labute approximate surface area is 165 Å². The molecule has 0 aromatic rings. The molecule has 1 N–H and O–H groups in total. The Morgan fingerprint density at radius 1 is 0.767 bits per heavy atom. The summed E-state index contributed by atoms with van der Waals surface area (Å²) in [6, 6.07) is 0. The van der Waals surface area contributed by atoms with Gasteiger partial charge in [-0.25, -0.2) is 35.1 Å². The summed E-state index contributed by atoms with van der Waals surface area (Å²) < 4.78 is 167. The summed E-state index contributed by atoms with van der Waals surface area (Å²) in [6.45, 7) is 0.248. The van der Waals surface area contributed by atoms with Gasteiger partial charge in [0.2, 0.25) is 10.0 Å². The molecule has 0 saturated carbocycles. The van der Waals surface area contributed by atoms with Crippen LogP contribution in [0.1, 0.15) is 25.7 Å². The van der Waals surface area contributed by atoms with Gasteiger partial charge in [0, 0.05) is 13.0 Å². The molecule has 0 fully saturated rings. The van der Waals surface area contributed by atoms with Crippen LogP contribution < -0.4 is 4.72 Å². The first kappa shape index (κ1) is 29.1. The summed E-state index contributed by atoms with van der Waals surface area (Å²) in [5.74, 6) is -11.5. The second-order valence-electron chi connectivity index (χ2n) is 6.98. The normalized spacial score (nSPS) is 15.1. The Morgan fingerprint density at radius 2 is 1.23 bits per heavy atom. The SMILES string of the molecule is CN(C)CCCNS(=O)(=O)CCC(F)(F)CC(F)(F)CC(F)(C(F)(F)F)C(F)(F)F. The Kier molecular flexibility index (Phi) is 9.42. The van der Waals surface area contributed by atoms with Gasteiger partial charge in [0.05, 0.1) is 18.6 Å². The molecule has 0 aromatic heterocycles. The van der Waals surface area contributed by atoms with Gasteiger partial charge < -0.3 is 4.90 Å². The zero-order valence-corrected chi connectivity index (χ0v) is 16.6. The van der Waals surface area contributed by atoms with Crippen molar-refractivity contribution in [2.24, 2.45) is 0 Å². The number of nitrogens with zero attached hydrogens (tertiary/aromatic N) is 1. The van der Waals surface area contributed by atoms with E-state index in [4.69, 9.17) is 0 Å². The van der Waals surface area contributed by atoms with Gasteiger partial charge in [-0.15, -0.1) is 0 Å². The van der Waals surface area contributed by atoms with Gasteiger partial charge in [0.15, 0.2) is 0 Å². The maximum absolute atomic E-state index is 13.6. The summed E-state index contributed by atoms with van der Waals surface area (Å²) in [6.07, 6.45) is -21.7. The first-order valence-electron chi connectivity index (χ1n) is 8.24. The molecule has 182 valence electrons. The van der Waals surface area contributed by atoms with E-state index in [1.54, 1.807) is 19.0 Å². The Balaban J connectivity index is 5.08. The lowest BCUT2D eigenvalue weighted by molar-refractivity contribution is -0.356. The van der Waals surface area contributed by atoms with E-state index >= 15 is 0 Å². The molecule has 0 aliphatic heterocycles. The second-order valence-corrected chi connectivity index (χ2v) is 8.91. The first-order chi connectivity index (χ1) is 13.0. The number of nitrogens with one attached hydrogen (secondary N) is 1. The number of hydrogen-bond acceptors (Lipinski definition) is 3. The van der Waals surface area contributed by atoms with E-state index in [-0.39, 0.29) is 13.0 Å². The molecule has 0 bridgehead atoms. The van der Waals surface area contributed by atoms with Gasteiger partial charge in [-0.05, 0) is 27.1 Å². The number of hydrogen-bond donors (Lipinski definition) is 1. The van der Waals surface area contributed by atoms with Crippen LogP contribution in [0, 0.1) is 0 Å². The van der Waals surface area contributed by atoms with Crippen LogP contribution in [0.25, 0.3) is 0 Å². The second kappa shape index (κ2) is 9.71. The smallest absolute Gasteiger partial charge is 0.309 e. The van der Waals surface area contributed by atoms with Gasteiger partial charge >= 0.3 is 18.0 Å². The topological polar surface area (TPSA) is 49.4 Å². The summed E-state index contributed by atoms with van der Waals surface area (Å²) in [4.78, 5) is 1.68. The fourth-order valence-electron chi connectivity index (χ4n) is 2.23. The molecule has 0 spiro atoms. The fraction of sp³-hybridized carbons (Fsp3) is 1.00. The summed E-state index contributed by atoms with van der Waals surface area (Å²) in [7, 11) is -1.05. The van der Waals surface area contributed by atoms with Crippen LogP contribution in [0.15, 0.2) is 0 Å². The average Bonchev–Trinajstić information content (AvgIpc) is 2.46. The number of halogens is 11. The van der Waals surface area contributed by atoms with E-state index in [1.807, 2.05) is 4.72 Å². The summed E-state index contributed by atoms with van der Waals surface area (Å²) in [5.41, 5.74) is -6.42. The highest BCUT2D eigenvalue weighted by Crippen LogP contribution is 2.52. The maximum Gasteiger partial charge on any atom is 0.431 e. The molecule has 0 aliphatic carbocycles. The molecule has 30 heavy (non-hydrogen) atoms. The van der Waals surface area contributed by atoms with Gasteiger partial charge in [0.25, 0.3) is 11.8 Å². The first-order valence-corrected chi connectivity index (χ1v) is 9.89. The van der Waals surface area contributed by atoms with Crippen LogP contribution in [-0.4, -0.2) is 76.1 Å². The number of sulfonamides is 1. The standard InChI is InChI=1S/C14H21F11N2O2S/c1-27(2)6-3-5-26-30(28,29)7-4-10(15,16)8-11(17,18)9-12(19,13(20,21)22)14(23,24)25/h26H,3-9H2,1-2H3. The zero-order chi connectivity index (χ0) is 24.2. The van der Waals surface area contributed by atoms with Crippen molar-refractivity contribution in [2.75, 3.05) is 32.9 Å². The van der Waals surface area contributed by atoms with Crippen molar-refractivity contribution in [1.82, 2.24) is 9.62 Å². The molecule has 0 unspecified atom stereocenters. The lowest BCUT2D eigenvalue weighted by atomic mass is 9.92. The summed E-state index contributed by atoms with van der Waals surface area (Å²) >= 11 is 0. The Hall–Kier alpha value is -0.900. The van der Waals surface area contributed by atoms with E-state index in [9.17, 15) is 56.7 Å². The average molecular weight is 490 g/mol. The minimum absolute atomic E-state index is 0.177. The van der Waals surface area contributed by atoms with Crippen molar-refractivity contribution in [2.45, 2.75) is 55.5 Å². The van der Waals surface area contributed by atoms with E-state index in [0.29, 0.717) is 6.54 Å². The highest BCUT2D eigenvalue weighted by atomic mass is 32.2. The number of rotatable bonds is 12. The predicted octanol–water partition coefficient (Wildman–Crippen LogP) is 4.13. The largest absolute Gasteiger partial charge is 0.431 e. The van der Waals surface area contributed by atoms with E-state index in [1.165, 1.54) is 0 Å². The summed E-state index contributed by atoms with van der Waals surface area (Å²) in [5, 5.41) is 0. The van der Waals surface area contributed by atoms with Crippen molar-refractivity contribution in [3.05, 3.63) is 0 Å². The fourth-order valence-corrected chi connectivity index (χ4v) is 3.39. The lowest BCUT2D eigenvalue weighted by Gasteiger charge is -2.33. The Bertz CT molecular complexity index is 631. The van der Waals surface area contributed by atoms with E-state index in [2.05, 4.69) is 0 Å². The molecule has 16 heteroatoms. The minimum atomic E-state index is -6.83. The van der Waals surface area contributed by atoms with Gasteiger partial charge in [-0.1, -0.05) is 0 Å². The molecule has 0 atom stereocenters. The Morgan fingerprint density at radius 3 is 1.63 bits per heavy atom. The molecule has 0 saturated heterocycles. The highest BCUT2D eigenvalue weighted by molar-refractivity contribution is 7.89. The van der Waals surface area contributed by atoms with Crippen LogP contribution in [0.3, 0.4) is 0 Å². The predicted molar refractivity (Wildman–Crippen MR) is 84.7 cm³/mol. The molecule has 0 aliphatic rings. The van der Waals surface area contributed by atoms with Crippen LogP contribution in [0.5, 0.6) is 0 Å². The lowest BCUT2D eigenvalue weighted by Crippen LogP contribution is -2.56. The van der Waals surface area contributed by atoms with Gasteiger partial charge in [0.1, 0.15) is 0 Å². The monoisotopic (exact) mass is 490 g/mol. The van der Waals surface area contributed by atoms with Crippen LogP contribution in [-0.2, 0) is 10.0 Å². The molecule has 0 rings (SSSR count). The molecule has 0 heterocycles.